The van der Waals surface area contributed by atoms with Crippen molar-refractivity contribution in [3.05, 3.63) is 45.0 Å². The zero-order valence-corrected chi connectivity index (χ0v) is 16.2. The SMILES string of the molecule is CCN(CC(=O)NC(C)(C)C)C(=O)CCn1[nH]c(=O)c2ccccc2c1=O. The van der Waals surface area contributed by atoms with Gasteiger partial charge >= 0.3 is 0 Å². The molecule has 2 amide bonds. The fourth-order valence-corrected chi connectivity index (χ4v) is 2.78. The Hall–Kier alpha value is -2.90. The minimum absolute atomic E-state index is 0.00479. The standard InChI is InChI=1S/C19H26N4O4/c1-5-22(12-15(24)20-19(2,3)4)16(25)10-11-23-18(27)14-9-7-6-8-13(14)17(26)21-23/h6-9H,5,10-12H2,1-4H3,(H,20,24)(H,21,26). The number of nitrogens with one attached hydrogen (secondary N) is 2. The Balaban J connectivity index is 2.09. The topological polar surface area (TPSA) is 104 Å². The van der Waals surface area contributed by atoms with Crippen molar-refractivity contribution in [1.82, 2.24) is 20.0 Å². The van der Waals surface area contributed by atoms with E-state index in [1.165, 1.54) is 4.90 Å². The average molecular weight is 374 g/mol. The number of aryl methyl sites for hydroxylation is 1. The predicted octanol–water partition coefficient (Wildman–Crippen LogP) is 0.843. The summed E-state index contributed by atoms with van der Waals surface area (Å²) in [4.78, 5) is 50.5. The van der Waals surface area contributed by atoms with E-state index < -0.39 is 0 Å². The molecule has 0 atom stereocenters. The van der Waals surface area contributed by atoms with E-state index in [0.29, 0.717) is 17.3 Å². The van der Waals surface area contributed by atoms with E-state index in [4.69, 9.17) is 0 Å². The van der Waals surface area contributed by atoms with Crippen LogP contribution in [0, 0.1) is 0 Å². The van der Waals surface area contributed by atoms with Gasteiger partial charge in [-0.1, -0.05) is 12.1 Å². The van der Waals surface area contributed by atoms with Crippen LogP contribution in [-0.4, -0.2) is 45.1 Å². The molecule has 0 saturated carbocycles. The molecule has 1 aromatic carbocycles. The molecule has 0 aliphatic carbocycles. The van der Waals surface area contributed by atoms with Crippen molar-refractivity contribution >= 4 is 22.6 Å². The number of hydrogen-bond acceptors (Lipinski definition) is 4. The molecule has 146 valence electrons. The van der Waals surface area contributed by atoms with Crippen LogP contribution in [-0.2, 0) is 16.1 Å². The molecular weight excluding hydrogens is 348 g/mol. The van der Waals surface area contributed by atoms with Gasteiger partial charge in [0.1, 0.15) is 0 Å². The highest BCUT2D eigenvalue weighted by Gasteiger charge is 2.19. The average Bonchev–Trinajstić information content (AvgIpc) is 2.59. The molecule has 2 aromatic rings. The predicted molar refractivity (Wildman–Crippen MR) is 104 cm³/mol. The summed E-state index contributed by atoms with van der Waals surface area (Å²) in [6.45, 7) is 7.75. The maximum absolute atomic E-state index is 12.5. The zero-order chi connectivity index (χ0) is 20.2. The first kappa shape index (κ1) is 20.4. The van der Waals surface area contributed by atoms with Crippen molar-refractivity contribution in [2.45, 2.75) is 46.2 Å². The molecule has 8 heteroatoms. The Labute approximate surface area is 157 Å². The smallest absolute Gasteiger partial charge is 0.273 e. The lowest BCUT2D eigenvalue weighted by molar-refractivity contribution is -0.136. The van der Waals surface area contributed by atoms with Gasteiger partial charge in [0.05, 0.1) is 23.9 Å². The molecule has 0 saturated heterocycles. The number of carbonyl (C=O) groups excluding carboxylic acids is 2. The van der Waals surface area contributed by atoms with Crippen molar-refractivity contribution in [1.29, 1.82) is 0 Å². The zero-order valence-electron chi connectivity index (χ0n) is 16.2. The third-order valence-electron chi connectivity index (χ3n) is 4.02. The largest absolute Gasteiger partial charge is 0.350 e. The van der Waals surface area contributed by atoms with Crippen LogP contribution in [0.3, 0.4) is 0 Å². The summed E-state index contributed by atoms with van der Waals surface area (Å²) in [5, 5.41) is 5.94. The molecule has 1 heterocycles. The Bertz CT molecular complexity index is 953. The van der Waals surface area contributed by atoms with Crippen molar-refractivity contribution in [2.75, 3.05) is 13.1 Å². The molecule has 0 unspecified atom stereocenters. The first-order chi connectivity index (χ1) is 12.6. The summed E-state index contributed by atoms with van der Waals surface area (Å²) in [6.07, 6.45) is 0.00479. The lowest BCUT2D eigenvalue weighted by Gasteiger charge is -2.25. The number of fused-ring (bicyclic) bond motifs is 1. The maximum Gasteiger partial charge on any atom is 0.273 e. The van der Waals surface area contributed by atoms with Crippen LogP contribution in [0.2, 0.25) is 0 Å². The van der Waals surface area contributed by atoms with E-state index in [9.17, 15) is 19.2 Å². The number of benzene rings is 1. The van der Waals surface area contributed by atoms with E-state index in [0.717, 1.165) is 4.68 Å². The minimum atomic E-state index is -0.380. The molecule has 2 rings (SSSR count). The van der Waals surface area contributed by atoms with E-state index in [-0.39, 0.29) is 48.0 Å². The van der Waals surface area contributed by atoms with Crippen molar-refractivity contribution in [3.8, 4) is 0 Å². The molecule has 0 aliphatic heterocycles. The first-order valence-electron chi connectivity index (χ1n) is 8.93. The fourth-order valence-electron chi connectivity index (χ4n) is 2.78. The number of likely N-dealkylation sites (N-methyl/N-ethyl adjacent to an activating group) is 1. The van der Waals surface area contributed by atoms with Gasteiger partial charge in [0.25, 0.3) is 11.1 Å². The molecule has 0 spiro atoms. The van der Waals surface area contributed by atoms with Gasteiger partial charge in [-0.3, -0.25) is 24.3 Å². The van der Waals surface area contributed by atoms with Crippen LogP contribution in [0.15, 0.2) is 33.9 Å². The molecule has 2 N–H and O–H groups in total. The van der Waals surface area contributed by atoms with Gasteiger partial charge in [0, 0.05) is 18.5 Å². The van der Waals surface area contributed by atoms with Crippen molar-refractivity contribution in [2.24, 2.45) is 0 Å². The van der Waals surface area contributed by atoms with Crippen LogP contribution in [0.5, 0.6) is 0 Å². The lowest BCUT2D eigenvalue weighted by atomic mass is 10.1. The molecule has 0 bridgehead atoms. The monoisotopic (exact) mass is 374 g/mol. The fraction of sp³-hybridized carbons (Fsp3) is 0.474. The third-order valence-corrected chi connectivity index (χ3v) is 4.02. The van der Waals surface area contributed by atoms with Crippen molar-refractivity contribution < 1.29 is 9.59 Å². The second-order valence-electron chi connectivity index (χ2n) is 7.40. The van der Waals surface area contributed by atoms with Crippen LogP contribution in [0.25, 0.3) is 10.8 Å². The minimum Gasteiger partial charge on any atom is -0.350 e. The third kappa shape index (κ3) is 5.29. The van der Waals surface area contributed by atoms with Gasteiger partial charge in [-0.25, -0.2) is 4.68 Å². The van der Waals surface area contributed by atoms with Gasteiger partial charge in [-0.15, -0.1) is 0 Å². The highest BCUT2D eigenvalue weighted by atomic mass is 16.2. The molecule has 0 aliphatic rings. The molecule has 1 aromatic heterocycles. The van der Waals surface area contributed by atoms with E-state index in [1.54, 1.807) is 31.2 Å². The number of aromatic amines is 1. The second-order valence-corrected chi connectivity index (χ2v) is 7.40. The van der Waals surface area contributed by atoms with Crippen LogP contribution in [0.4, 0.5) is 0 Å². The Morgan fingerprint density at radius 3 is 2.37 bits per heavy atom. The first-order valence-corrected chi connectivity index (χ1v) is 8.93. The van der Waals surface area contributed by atoms with E-state index in [2.05, 4.69) is 10.4 Å². The number of rotatable bonds is 6. The second kappa shape index (κ2) is 8.20. The van der Waals surface area contributed by atoms with Crippen LogP contribution >= 0.6 is 0 Å². The quantitative estimate of drug-likeness (QED) is 0.782. The molecule has 0 fully saturated rings. The van der Waals surface area contributed by atoms with Gasteiger partial charge in [0.15, 0.2) is 0 Å². The molecule has 0 radical (unpaired) electrons. The summed E-state index contributed by atoms with van der Waals surface area (Å²) >= 11 is 0. The maximum atomic E-state index is 12.5. The summed E-state index contributed by atoms with van der Waals surface area (Å²) in [7, 11) is 0. The van der Waals surface area contributed by atoms with Crippen molar-refractivity contribution in [3.63, 3.8) is 0 Å². The summed E-state index contributed by atoms with van der Waals surface area (Å²) in [5.41, 5.74) is -1.11. The highest BCUT2D eigenvalue weighted by Crippen LogP contribution is 2.04. The Morgan fingerprint density at radius 2 is 1.78 bits per heavy atom. The molecule has 8 nitrogen and oxygen atoms in total. The molecular formula is C19H26N4O4. The lowest BCUT2D eigenvalue weighted by Crippen LogP contribution is -2.47. The Morgan fingerprint density at radius 1 is 1.15 bits per heavy atom. The summed E-state index contributed by atoms with van der Waals surface area (Å²) < 4.78 is 1.14. The van der Waals surface area contributed by atoms with Gasteiger partial charge < -0.3 is 10.2 Å². The van der Waals surface area contributed by atoms with Crippen LogP contribution < -0.4 is 16.4 Å². The number of H-pyrrole nitrogens is 1. The number of amides is 2. The van der Waals surface area contributed by atoms with Crippen LogP contribution in [0.1, 0.15) is 34.1 Å². The van der Waals surface area contributed by atoms with E-state index >= 15 is 0 Å². The van der Waals surface area contributed by atoms with Gasteiger partial charge in [-0.2, -0.15) is 0 Å². The van der Waals surface area contributed by atoms with Gasteiger partial charge in [-0.05, 0) is 39.8 Å². The highest BCUT2D eigenvalue weighted by molar-refractivity contribution is 5.85. The molecule has 27 heavy (non-hydrogen) atoms. The van der Waals surface area contributed by atoms with E-state index in [1.807, 2.05) is 20.8 Å². The summed E-state index contributed by atoms with van der Waals surface area (Å²) in [6, 6.07) is 6.54. The normalized spacial score (nSPS) is 11.4. The number of nitrogens with zero attached hydrogens (tertiary/aromatic N) is 2. The van der Waals surface area contributed by atoms with Gasteiger partial charge in [0.2, 0.25) is 11.8 Å². The number of hydrogen-bond donors (Lipinski definition) is 2. The Kier molecular flexibility index (Phi) is 6.20. The summed E-state index contributed by atoms with van der Waals surface area (Å²) in [5.74, 6) is -0.503. The number of carbonyl (C=O) groups is 2. The number of aromatic nitrogens is 2.